The Labute approximate surface area is 114 Å². The van der Waals surface area contributed by atoms with E-state index in [-0.39, 0.29) is 0 Å². The monoisotopic (exact) mass is 258 g/mol. The Morgan fingerprint density at radius 3 is 2.79 bits per heavy atom. The third kappa shape index (κ3) is 2.38. The molecule has 1 aliphatic rings. The van der Waals surface area contributed by atoms with E-state index in [2.05, 4.69) is 41.5 Å². The maximum atomic E-state index is 5.97. The van der Waals surface area contributed by atoms with E-state index in [1.807, 2.05) is 0 Å². The van der Waals surface area contributed by atoms with Crippen molar-refractivity contribution in [3.63, 3.8) is 0 Å². The second-order valence-corrected chi connectivity index (χ2v) is 5.64. The van der Waals surface area contributed by atoms with Crippen molar-refractivity contribution in [1.29, 1.82) is 0 Å². The molecule has 0 aliphatic carbocycles. The first-order valence-corrected chi connectivity index (χ1v) is 7.06. The molecule has 2 N–H and O–H groups in total. The SMILES string of the molecule is Cc1nc2c(C)cccn2c1CN1CCC(N)CC1. The summed E-state index contributed by atoms with van der Waals surface area (Å²) < 4.78 is 2.24. The number of aromatic nitrogens is 2. The number of aryl methyl sites for hydroxylation is 2. The summed E-state index contributed by atoms with van der Waals surface area (Å²) in [7, 11) is 0. The molecule has 4 nitrogen and oxygen atoms in total. The number of hydrogen-bond acceptors (Lipinski definition) is 3. The Bertz CT molecular complexity index is 579. The summed E-state index contributed by atoms with van der Waals surface area (Å²) in [6.45, 7) is 7.39. The molecule has 1 fully saturated rings. The number of hydrogen-bond donors (Lipinski definition) is 1. The fraction of sp³-hybridized carbons (Fsp3) is 0.533. The van der Waals surface area contributed by atoms with Crippen LogP contribution in [0.1, 0.15) is 29.8 Å². The third-order valence-corrected chi connectivity index (χ3v) is 4.15. The van der Waals surface area contributed by atoms with Crippen LogP contribution in [0.25, 0.3) is 5.65 Å². The van der Waals surface area contributed by atoms with Gasteiger partial charge in [-0.3, -0.25) is 4.90 Å². The molecule has 2 aromatic heterocycles. The van der Waals surface area contributed by atoms with E-state index in [0.29, 0.717) is 6.04 Å². The van der Waals surface area contributed by atoms with Crippen LogP contribution in [0.4, 0.5) is 0 Å². The van der Waals surface area contributed by atoms with Gasteiger partial charge in [0.05, 0.1) is 11.4 Å². The van der Waals surface area contributed by atoms with Crippen LogP contribution < -0.4 is 5.73 Å². The highest BCUT2D eigenvalue weighted by Crippen LogP contribution is 2.19. The molecule has 0 radical (unpaired) electrons. The zero-order valence-corrected chi connectivity index (χ0v) is 11.8. The number of imidazole rings is 1. The van der Waals surface area contributed by atoms with Gasteiger partial charge < -0.3 is 10.1 Å². The minimum atomic E-state index is 0.391. The van der Waals surface area contributed by atoms with Crippen LogP contribution in [-0.2, 0) is 6.54 Å². The standard InChI is InChI=1S/C15H22N4/c1-11-4-3-7-19-14(12(2)17-15(11)19)10-18-8-5-13(16)6-9-18/h3-4,7,13H,5-6,8-10,16H2,1-2H3. The molecule has 0 bridgehead atoms. The van der Waals surface area contributed by atoms with Crippen molar-refractivity contribution in [2.24, 2.45) is 5.73 Å². The lowest BCUT2D eigenvalue weighted by Crippen LogP contribution is -2.39. The Hall–Kier alpha value is -1.39. The van der Waals surface area contributed by atoms with Crippen molar-refractivity contribution >= 4 is 5.65 Å². The van der Waals surface area contributed by atoms with Crippen molar-refractivity contribution in [1.82, 2.24) is 14.3 Å². The lowest BCUT2D eigenvalue weighted by Gasteiger charge is -2.29. The van der Waals surface area contributed by atoms with Crippen molar-refractivity contribution in [3.05, 3.63) is 35.3 Å². The fourth-order valence-electron chi connectivity index (χ4n) is 2.88. The Balaban J connectivity index is 1.88. The average molecular weight is 258 g/mol. The van der Waals surface area contributed by atoms with Crippen LogP contribution in [0.5, 0.6) is 0 Å². The molecular formula is C15H22N4. The smallest absolute Gasteiger partial charge is 0.140 e. The number of nitrogens with zero attached hydrogens (tertiary/aromatic N) is 3. The first-order valence-electron chi connectivity index (χ1n) is 7.06. The molecular weight excluding hydrogens is 236 g/mol. The molecule has 3 rings (SSSR count). The molecule has 19 heavy (non-hydrogen) atoms. The Kier molecular flexibility index (Phi) is 3.29. The lowest BCUT2D eigenvalue weighted by atomic mass is 10.1. The molecule has 0 saturated carbocycles. The van der Waals surface area contributed by atoms with Crippen molar-refractivity contribution in [2.75, 3.05) is 13.1 Å². The van der Waals surface area contributed by atoms with Crippen molar-refractivity contribution in [2.45, 2.75) is 39.3 Å². The molecule has 2 aromatic rings. The van der Waals surface area contributed by atoms with Gasteiger partial charge in [-0.25, -0.2) is 4.98 Å². The normalized spacial score (nSPS) is 18.3. The largest absolute Gasteiger partial charge is 0.328 e. The van der Waals surface area contributed by atoms with Gasteiger partial charge in [-0.2, -0.15) is 0 Å². The van der Waals surface area contributed by atoms with Gasteiger partial charge in [0.25, 0.3) is 0 Å². The molecule has 0 aromatic carbocycles. The molecule has 1 aliphatic heterocycles. The van der Waals surface area contributed by atoms with Crippen LogP contribution in [0.15, 0.2) is 18.3 Å². The van der Waals surface area contributed by atoms with E-state index in [0.717, 1.165) is 43.8 Å². The first-order chi connectivity index (χ1) is 9.15. The number of rotatable bonds is 2. The maximum absolute atomic E-state index is 5.97. The second kappa shape index (κ2) is 4.94. The van der Waals surface area contributed by atoms with Crippen LogP contribution in [0.2, 0.25) is 0 Å². The number of pyridine rings is 1. The van der Waals surface area contributed by atoms with Crippen LogP contribution in [-0.4, -0.2) is 33.4 Å². The van der Waals surface area contributed by atoms with Gasteiger partial charge in [0.1, 0.15) is 5.65 Å². The molecule has 0 atom stereocenters. The summed E-state index contributed by atoms with van der Waals surface area (Å²) in [6, 6.07) is 4.60. The van der Waals surface area contributed by atoms with E-state index in [1.54, 1.807) is 0 Å². The highest BCUT2D eigenvalue weighted by molar-refractivity contribution is 5.50. The summed E-state index contributed by atoms with van der Waals surface area (Å²) in [5, 5.41) is 0. The lowest BCUT2D eigenvalue weighted by molar-refractivity contribution is 0.203. The number of likely N-dealkylation sites (tertiary alicyclic amines) is 1. The van der Waals surface area contributed by atoms with E-state index in [1.165, 1.54) is 11.3 Å². The minimum absolute atomic E-state index is 0.391. The summed E-state index contributed by atoms with van der Waals surface area (Å²) in [6.07, 6.45) is 4.33. The van der Waals surface area contributed by atoms with E-state index < -0.39 is 0 Å². The van der Waals surface area contributed by atoms with E-state index in [4.69, 9.17) is 10.7 Å². The molecule has 3 heterocycles. The molecule has 102 valence electrons. The predicted octanol–water partition coefficient (Wildman–Crippen LogP) is 1.87. The molecule has 0 amide bonds. The fourth-order valence-corrected chi connectivity index (χ4v) is 2.88. The maximum Gasteiger partial charge on any atom is 0.140 e. The average Bonchev–Trinajstić information content (AvgIpc) is 2.71. The number of piperidine rings is 1. The highest BCUT2D eigenvalue weighted by atomic mass is 15.2. The van der Waals surface area contributed by atoms with Crippen LogP contribution in [0.3, 0.4) is 0 Å². The third-order valence-electron chi connectivity index (χ3n) is 4.15. The van der Waals surface area contributed by atoms with Gasteiger partial charge in [0, 0.05) is 31.9 Å². The van der Waals surface area contributed by atoms with Crippen molar-refractivity contribution < 1.29 is 0 Å². The molecule has 4 heteroatoms. The zero-order chi connectivity index (χ0) is 13.4. The van der Waals surface area contributed by atoms with Gasteiger partial charge in [-0.15, -0.1) is 0 Å². The molecule has 1 saturated heterocycles. The van der Waals surface area contributed by atoms with Crippen LogP contribution >= 0.6 is 0 Å². The van der Waals surface area contributed by atoms with E-state index >= 15 is 0 Å². The summed E-state index contributed by atoms with van der Waals surface area (Å²) in [5.41, 5.74) is 10.7. The van der Waals surface area contributed by atoms with Gasteiger partial charge >= 0.3 is 0 Å². The van der Waals surface area contributed by atoms with Gasteiger partial charge in [0.2, 0.25) is 0 Å². The Morgan fingerprint density at radius 2 is 2.05 bits per heavy atom. The van der Waals surface area contributed by atoms with E-state index in [9.17, 15) is 0 Å². The Morgan fingerprint density at radius 1 is 1.32 bits per heavy atom. The second-order valence-electron chi connectivity index (χ2n) is 5.64. The summed E-state index contributed by atoms with van der Waals surface area (Å²) in [5.74, 6) is 0. The van der Waals surface area contributed by atoms with Gasteiger partial charge in [-0.05, 0) is 38.3 Å². The summed E-state index contributed by atoms with van der Waals surface area (Å²) >= 11 is 0. The minimum Gasteiger partial charge on any atom is -0.328 e. The first kappa shape index (κ1) is 12.6. The molecule has 0 unspecified atom stereocenters. The highest BCUT2D eigenvalue weighted by Gasteiger charge is 2.19. The van der Waals surface area contributed by atoms with Gasteiger partial charge in [-0.1, -0.05) is 6.07 Å². The van der Waals surface area contributed by atoms with Crippen molar-refractivity contribution in [3.8, 4) is 0 Å². The number of fused-ring (bicyclic) bond motifs is 1. The molecule has 0 spiro atoms. The number of nitrogens with two attached hydrogens (primary N) is 1. The topological polar surface area (TPSA) is 46.6 Å². The van der Waals surface area contributed by atoms with Crippen LogP contribution in [0, 0.1) is 13.8 Å². The predicted molar refractivity (Wildman–Crippen MR) is 77.2 cm³/mol. The quantitative estimate of drug-likeness (QED) is 0.894. The summed E-state index contributed by atoms with van der Waals surface area (Å²) in [4.78, 5) is 7.19. The zero-order valence-electron chi connectivity index (χ0n) is 11.8. The van der Waals surface area contributed by atoms with Gasteiger partial charge in [0.15, 0.2) is 0 Å².